The van der Waals surface area contributed by atoms with Gasteiger partial charge in [0.2, 0.25) is 5.91 Å². The number of anilines is 1. The van der Waals surface area contributed by atoms with Gasteiger partial charge >= 0.3 is 0 Å². The predicted octanol–water partition coefficient (Wildman–Crippen LogP) is 3.83. The van der Waals surface area contributed by atoms with Gasteiger partial charge in [0.25, 0.3) is 5.71 Å². The van der Waals surface area contributed by atoms with Crippen molar-refractivity contribution in [3.8, 4) is 17.0 Å². The number of carbonyl (C=O) groups is 1. The number of amides is 1. The normalized spacial score (nSPS) is 14.4. The summed E-state index contributed by atoms with van der Waals surface area (Å²) in [5.74, 6) is 1.66. The second-order valence-electron chi connectivity index (χ2n) is 8.10. The Kier molecular flexibility index (Phi) is 5.89. The number of hydrogen-bond donors (Lipinski definition) is 1. The smallest absolute Gasteiger partial charge is 0.263 e. The molecule has 8 heteroatoms. The molecule has 168 valence electrons. The van der Waals surface area contributed by atoms with Crippen molar-refractivity contribution >= 4 is 22.8 Å². The Balaban J connectivity index is 1.30. The summed E-state index contributed by atoms with van der Waals surface area (Å²) in [5.41, 5.74) is 3.16. The Hall–Kier alpha value is -3.94. The number of nitrogens with one attached hydrogen (secondary N) is 1. The number of rotatable bonds is 6. The maximum Gasteiger partial charge on any atom is 0.263 e. The minimum atomic E-state index is -0.00850. The second kappa shape index (κ2) is 9.28. The summed E-state index contributed by atoms with van der Waals surface area (Å²) in [7, 11) is 1.64. The van der Waals surface area contributed by atoms with E-state index in [0.29, 0.717) is 18.0 Å². The maximum atomic E-state index is 12.7. The molecule has 0 spiro atoms. The fraction of sp³-hybridized carbons (Fsp3) is 0.280. The van der Waals surface area contributed by atoms with Gasteiger partial charge in [-0.3, -0.25) is 4.79 Å². The lowest BCUT2D eigenvalue weighted by Crippen LogP contribution is -2.40. The molecule has 0 radical (unpaired) electrons. The number of methoxy groups -OCH3 is 1. The topological polar surface area (TPSA) is 93.4 Å². The van der Waals surface area contributed by atoms with Gasteiger partial charge in [0, 0.05) is 31.1 Å². The highest BCUT2D eigenvalue weighted by Gasteiger charge is 2.28. The van der Waals surface area contributed by atoms with E-state index >= 15 is 0 Å². The molecule has 1 fully saturated rings. The van der Waals surface area contributed by atoms with E-state index in [1.807, 2.05) is 54.6 Å². The van der Waals surface area contributed by atoms with E-state index in [1.54, 1.807) is 7.11 Å². The van der Waals surface area contributed by atoms with Gasteiger partial charge in [0.1, 0.15) is 29.0 Å². The van der Waals surface area contributed by atoms with Crippen LogP contribution in [-0.2, 0) is 11.3 Å². The highest BCUT2D eigenvalue weighted by atomic mass is 16.5. The number of nitrogens with zero attached hydrogens (tertiary/aromatic N) is 4. The van der Waals surface area contributed by atoms with Gasteiger partial charge in [-0.05, 0) is 42.7 Å². The number of hydrogen-bond acceptors (Lipinski definition) is 7. The molecule has 0 saturated carbocycles. The van der Waals surface area contributed by atoms with Crippen LogP contribution >= 0.6 is 0 Å². The van der Waals surface area contributed by atoms with Gasteiger partial charge in [0.05, 0.1) is 7.11 Å². The Labute approximate surface area is 191 Å². The average molecular weight is 444 g/mol. The van der Waals surface area contributed by atoms with E-state index in [9.17, 15) is 4.79 Å². The number of carbonyl (C=O) groups excluding carboxylic acids is 1. The van der Waals surface area contributed by atoms with Crippen LogP contribution in [0.2, 0.25) is 0 Å². The summed E-state index contributed by atoms with van der Waals surface area (Å²) in [4.78, 5) is 23.7. The van der Waals surface area contributed by atoms with Crippen LogP contribution in [0, 0.1) is 5.92 Å². The molecule has 3 heterocycles. The van der Waals surface area contributed by atoms with Gasteiger partial charge in [-0.1, -0.05) is 35.5 Å². The molecule has 1 saturated heterocycles. The summed E-state index contributed by atoms with van der Waals surface area (Å²) in [6, 6.07) is 17.6. The Morgan fingerprint density at radius 2 is 1.85 bits per heavy atom. The molecular weight excluding hydrogens is 418 g/mol. The summed E-state index contributed by atoms with van der Waals surface area (Å²) < 4.78 is 10.8. The van der Waals surface area contributed by atoms with Crippen molar-refractivity contribution in [1.29, 1.82) is 0 Å². The molecule has 1 aliphatic rings. The van der Waals surface area contributed by atoms with E-state index in [2.05, 4.69) is 25.3 Å². The molecule has 1 aliphatic heterocycles. The molecule has 0 bridgehead atoms. The Morgan fingerprint density at radius 3 is 2.58 bits per heavy atom. The van der Waals surface area contributed by atoms with E-state index < -0.39 is 0 Å². The van der Waals surface area contributed by atoms with Crippen molar-refractivity contribution in [2.75, 3.05) is 25.1 Å². The summed E-state index contributed by atoms with van der Waals surface area (Å²) in [5, 5.41) is 8.12. The number of piperidine rings is 1. The molecule has 2 aromatic carbocycles. The van der Waals surface area contributed by atoms with Crippen LogP contribution in [-0.4, -0.2) is 41.2 Å². The van der Waals surface area contributed by atoms with Crippen LogP contribution in [0.4, 0.5) is 5.82 Å². The molecule has 0 unspecified atom stereocenters. The fourth-order valence-corrected chi connectivity index (χ4v) is 4.24. The molecule has 33 heavy (non-hydrogen) atoms. The monoisotopic (exact) mass is 443 g/mol. The summed E-state index contributed by atoms with van der Waals surface area (Å²) in [6.07, 6.45) is 3.02. The van der Waals surface area contributed by atoms with E-state index in [1.165, 1.54) is 6.33 Å². The van der Waals surface area contributed by atoms with E-state index in [-0.39, 0.29) is 11.8 Å². The largest absolute Gasteiger partial charge is 0.497 e. The van der Waals surface area contributed by atoms with Gasteiger partial charge in [-0.25, -0.2) is 4.98 Å². The lowest BCUT2D eigenvalue weighted by molar-refractivity contribution is -0.125. The van der Waals surface area contributed by atoms with E-state index in [4.69, 9.17) is 9.26 Å². The quantitative estimate of drug-likeness (QED) is 0.484. The molecule has 5 rings (SSSR count). The molecular formula is C25H25N5O3. The molecule has 0 aliphatic carbocycles. The first kappa shape index (κ1) is 20.9. The first-order valence-corrected chi connectivity index (χ1v) is 11.0. The van der Waals surface area contributed by atoms with Crippen LogP contribution in [0.5, 0.6) is 5.75 Å². The molecule has 2 aromatic heterocycles. The molecule has 1 amide bonds. The zero-order valence-corrected chi connectivity index (χ0v) is 18.4. The van der Waals surface area contributed by atoms with Crippen molar-refractivity contribution in [3.05, 3.63) is 66.5 Å². The SMILES string of the molecule is COc1ccc(-c2noc3ncnc(N4CCC(C(=O)NCc5ccccc5)CC4)c23)cc1. The zero-order valence-electron chi connectivity index (χ0n) is 18.4. The van der Waals surface area contributed by atoms with Crippen LogP contribution in [0.25, 0.3) is 22.4 Å². The molecule has 4 aromatic rings. The fourth-order valence-electron chi connectivity index (χ4n) is 4.24. The van der Waals surface area contributed by atoms with Gasteiger partial charge < -0.3 is 19.5 Å². The number of benzene rings is 2. The van der Waals surface area contributed by atoms with Crippen molar-refractivity contribution in [3.63, 3.8) is 0 Å². The first-order chi connectivity index (χ1) is 16.2. The van der Waals surface area contributed by atoms with Gasteiger partial charge in [-0.15, -0.1) is 0 Å². The van der Waals surface area contributed by atoms with Crippen LogP contribution in [0.3, 0.4) is 0 Å². The van der Waals surface area contributed by atoms with Crippen molar-refractivity contribution in [1.82, 2.24) is 20.4 Å². The number of aromatic nitrogens is 3. The van der Waals surface area contributed by atoms with Crippen molar-refractivity contribution in [2.24, 2.45) is 5.92 Å². The number of fused-ring (bicyclic) bond motifs is 1. The third kappa shape index (κ3) is 4.37. The average Bonchev–Trinajstić information content (AvgIpc) is 3.32. The minimum absolute atomic E-state index is 0.00850. The number of ether oxygens (including phenoxy) is 1. The van der Waals surface area contributed by atoms with Crippen molar-refractivity contribution in [2.45, 2.75) is 19.4 Å². The summed E-state index contributed by atoms with van der Waals surface area (Å²) >= 11 is 0. The van der Waals surface area contributed by atoms with Crippen LogP contribution in [0.1, 0.15) is 18.4 Å². The zero-order chi connectivity index (χ0) is 22.6. The van der Waals surface area contributed by atoms with Crippen molar-refractivity contribution < 1.29 is 14.1 Å². The Bertz CT molecular complexity index is 1230. The second-order valence-corrected chi connectivity index (χ2v) is 8.10. The third-order valence-corrected chi connectivity index (χ3v) is 6.09. The highest BCUT2D eigenvalue weighted by Crippen LogP contribution is 2.35. The lowest BCUT2D eigenvalue weighted by Gasteiger charge is -2.32. The Morgan fingerprint density at radius 1 is 1.09 bits per heavy atom. The maximum absolute atomic E-state index is 12.7. The van der Waals surface area contributed by atoms with Crippen LogP contribution in [0.15, 0.2) is 65.4 Å². The van der Waals surface area contributed by atoms with Crippen LogP contribution < -0.4 is 15.0 Å². The third-order valence-electron chi connectivity index (χ3n) is 6.09. The minimum Gasteiger partial charge on any atom is -0.497 e. The predicted molar refractivity (Wildman–Crippen MR) is 125 cm³/mol. The lowest BCUT2D eigenvalue weighted by atomic mass is 9.95. The molecule has 8 nitrogen and oxygen atoms in total. The first-order valence-electron chi connectivity index (χ1n) is 11.0. The van der Waals surface area contributed by atoms with Gasteiger partial charge in [0.15, 0.2) is 0 Å². The van der Waals surface area contributed by atoms with Gasteiger partial charge in [-0.2, -0.15) is 4.98 Å². The highest BCUT2D eigenvalue weighted by molar-refractivity contribution is 5.98. The standard InChI is InChI=1S/C25H25N5O3/c1-32-20-9-7-18(8-10-20)22-21-23(27-16-28-25(21)33-29-22)30-13-11-19(12-14-30)24(31)26-15-17-5-3-2-4-6-17/h2-10,16,19H,11-15H2,1H3,(H,26,31). The molecule has 1 N–H and O–H groups in total. The molecule has 0 atom stereocenters. The summed E-state index contributed by atoms with van der Waals surface area (Å²) in [6.45, 7) is 2.00. The van der Waals surface area contributed by atoms with E-state index in [0.717, 1.165) is 54.0 Å².